The predicted molar refractivity (Wildman–Crippen MR) is 126 cm³/mol. The molecule has 0 aliphatic rings. The van der Waals surface area contributed by atoms with Gasteiger partial charge in [0.05, 0.1) is 31.4 Å². The molecule has 0 unspecified atom stereocenters. The summed E-state index contributed by atoms with van der Waals surface area (Å²) in [6, 6.07) is 18.0. The summed E-state index contributed by atoms with van der Waals surface area (Å²) in [5, 5.41) is 6.32. The molecule has 9 heteroatoms. The third kappa shape index (κ3) is 5.64. The molecule has 0 saturated carbocycles. The van der Waals surface area contributed by atoms with Crippen LogP contribution in [0.2, 0.25) is 0 Å². The van der Waals surface area contributed by atoms with E-state index in [-0.39, 0.29) is 17.6 Å². The minimum absolute atomic E-state index is 0.165. The molecule has 4 aromatic rings. The van der Waals surface area contributed by atoms with E-state index in [1.165, 1.54) is 11.8 Å². The number of aromatic nitrogens is 2. The number of nitrogens with one attached hydrogen (secondary N) is 2. The van der Waals surface area contributed by atoms with Crippen molar-refractivity contribution >= 4 is 29.3 Å². The highest BCUT2D eigenvalue weighted by Gasteiger charge is 2.13. The zero-order chi connectivity index (χ0) is 23.0. The van der Waals surface area contributed by atoms with Crippen molar-refractivity contribution in [2.24, 2.45) is 0 Å². The van der Waals surface area contributed by atoms with Crippen molar-refractivity contribution in [1.29, 1.82) is 0 Å². The molecule has 0 spiro atoms. The Hall–Kier alpha value is -3.98. The van der Waals surface area contributed by atoms with Crippen LogP contribution in [0, 0.1) is 0 Å². The highest BCUT2D eigenvalue weighted by Crippen LogP contribution is 2.25. The number of hydrogen-bond donors (Lipinski definition) is 2. The third-order valence-corrected chi connectivity index (χ3v) is 5.68. The summed E-state index contributed by atoms with van der Waals surface area (Å²) < 4.78 is 12.3. The Morgan fingerprint density at radius 3 is 2.82 bits per heavy atom. The second-order valence-electron chi connectivity index (χ2n) is 6.93. The minimum atomic E-state index is -0.209. The van der Waals surface area contributed by atoms with Crippen LogP contribution in [0.1, 0.15) is 16.1 Å². The molecule has 2 heterocycles. The summed E-state index contributed by atoms with van der Waals surface area (Å²) in [6.45, 7) is 0.309. The van der Waals surface area contributed by atoms with E-state index in [2.05, 4.69) is 15.6 Å². The second-order valence-corrected chi connectivity index (χ2v) is 7.87. The molecule has 33 heavy (non-hydrogen) atoms. The normalized spacial score (nSPS) is 10.6. The Bertz CT molecular complexity index is 1240. The van der Waals surface area contributed by atoms with Gasteiger partial charge in [-0.25, -0.2) is 4.98 Å². The van der Waals surface area contributed by atoms with Crippen LogP contribution in [-0.2, 0) is 11.3 Å². The third-order valence-electron chi connectivity index (χ3n) is 4.71. The van der Waals surface area contributed by atoms with Crippen LogP contribution in [0.25, 0.3) is 5.69 Å². The molecule has 168 valence electrons. The van der Waals surface area contributed by atoms with E-state index < -0.39 is 0 Å². The van der Waals surface area contributed by atoms with Crippen molar-refractivity contribution in [3.8, 4) is 11.4 Å². The second kappa shape index (κ2) is 10.6. The number of rotatable bonds is 9. The standard InChI is InChI=1S/C24H22N4O4S/c1-31-21-10-3-2-9-20(21)27-22(29)16-33-24-25-11-12-28(24)18-7-4-6-17(14-18)23(30)26-15-19-8-5-13-32-19/h2-14H,15-16H2,1H3,(H,26,30)(H,27,29). The van der Waals surface area contributed by atoms with Crippen LogP contribution in [0.15, 0.2) is 88.9 Å². The number of furan rings is 1. The molecule has 0 aliphatic heterocycles. The molecular weight excluding hydrogens is 440 g/mol. The van der Waals surface area contributed by atoms with Crippen molar-refractivity contribution in [3.05, 3.63) is 90.6 Å². The van der Waals surface area contributed by atoms with Gasteiger partial charge < -0.3 is 19.8 Å². The lowest BCUT2D eigenvalue weighted by Gasteiger charge is -2.11. The first kappa shape index (κ1) is 22.2. The number of thioether (sulfide) groups is 1. The largest absolute Gasteiger partial charge is 0.495 e. The SMILES string of the molecule is COc1ccccc1NC(=O)CSc1nccn1-c1cccc(C(=O)NCc2ccco2)c1. The van der Waals surface area contributed by atoms with E-state index in [1.807, 2.05) is 22.8 Å². The number of carbonyl (C=O) groups excluding carboxylic acids is 2. The molecule has 2 aromatic carbocycles. The fourth-order valence-corrected chi connectivity index (χ4v) is 3.91. The van der Waals surface area contributed by atoms with Crippen LogP contribution in [0.3, 0.4) is 0 Å². The molecule has 2 amide bonds. The molecule has 0 aliphatic carbocycles. The molecule has 2 N–H and O–H groups in total. The number of carbonyl (C=O) groups is 2. The molecule has 0 bridgehead atoms. The Morgan fingerprint density at radius 1 is 1.12 bits per heavy atom. The fourth-order valence-electron chi connectivity index (χ4n) is 3.14. The van der Waals surface area contributed by atoms with Crippen LogP contribution in [0.5, 0.6) is 5.75 Å². The van der Waals surface area contributed by atoms with Crippen LogP contribution >= 0.6 is 11.8 Å². The molecule has 0 fully saturated rings. The molecule has 0 atom stereocenters. The number of nitrogens with zero attached hydrogens (tertiary/aromatic N) is 2. The fraction of sp³-hybridized carbons (Fsp3) is 0.125. The zero-order valence-corrected chi connectivity index (χ0v) is 18.7. The predicted octanol–water partition coefficient (Wildman–Crippen LogP) is 4.13. The minimum Gasteiger partial charge on any atom is -0.495 e. The van der Waals surface area contributed by atoms with Crippen LogP contribution in [-0.4, -0.2) is 34.2 Å². The van der Waals surface area contributed by atoms with Crippen molar-refractivity contribution in [3.63, 3.8) is 0 Å². The first-order valence-corrected chi connectivity index (χ1v) is 11.1. The van der Waals surface area contributed by atoms with Gasteiger partial charge >= 0.3 is 0 Å². The van der Waals surface area contributed by atoms with E-state index in [0.29, 0.717) is 34.5 Å². The Morgan fingerprint density at radius 2 is 2.00 bits per heavy atom. The number of amides is 2. The smallest absolute Gasteiger partial charge is 0.251 e. The van der Waals surface area contributed by atoms with Crippen LogP contribution in [0.4, 0.5) is 5.69 Å². The van der Waals surface area contributed by atoms with E-state index in [1.54, 1.807) is 68.2 Å². The Balaban J connectivity index is 1.40. The number of imidazole rings is 1. The van der Waals surface area contributed by atoms with Gasteiger partial charge in [0.15, 0.2) is 5.16 Å². The van der Waals surface area contributed by atoms with Gasteiger partial charge in [-0.1, -0.05) is 30.0 Å². The summed E-state index contributed by atoms with van der Waals surface area (Å²) in [5.74, 6) is 1.06. The maximum absolute atomic E-state index is 12.5. The summed E-state index contributed by atoms with van der Waals surface area (Å²) in [6.07, 6.45) is 5.02. The highest BCUT2D eigenvalue weighted by atomic mass is 32.2. The molecular formula is C24H22N4O4S. The van der Waals surface area contributed by atoms with Crippen molar-refractivity contribution in [2.45, 2.75) is 11.7 Å². The van der Waals surface area contributed by atoms with E-state index >= 15 is 0 Å². The number of para-hydroxylation sites is 2. The van der Waals surface area contributed by atoms with Gasteiger partial charge in [0, 0.05) is 23.6 Å². The first-order chi connectivity index (χ1) is 16.1. The van der Waals surface area contributed by atoms with Gasteiger partial charge in [-0.15, -0.1) is 0 Å². The molecule has 0 saturated heterocycles. The van der Waals surface area contributed by atoms with Crippen molar-refractivity contribution in [2.75, 3.05) is 18.2 Å². The van der Waals surface area contributed by atoms with E-state index in [9.17, 15) is 9.59 Å². The number of benzene rings is 2. The quantitative estimate of drug-likeness (QED) is 0.363. The average molecular weight is 463 g/mol. The maximum atomic E-state index is 12.5. The number of hydrogen-bond acceptors (Lipinski definition) is 6. The Kier molecular flexibility index (Phi) is 7.11. The summed E-state index contributed by atoms with van der Waals surface area (Å²) in [5.41, 5.74) is 1.89. The lowest BCUT2D eigenvalue weighted by molar-refractivity contribution is -0.113. The lowest BCUT2D eigenvalue weighted by Crippen LogP contribution is -2.22. The topological polar surface area (TPSA) is 98.4 Å². The monoisotopic (exact) mass is 462 g/mol. The summed E-state index contributed by atoms with van der Waals surface area (Å²) >= 11 is 1.30. The van der Waals surface area contributed by atoms with Gasteiger partial charge in [-0.2, -0.15) is 0 Å². The van der Waals surface area contributed by atoms with Gasteiger partial charge in [0.2, 0.25) is 5.91 Å². The van der Waals surface area contributed by atoms with Crippen molar-refractivity contribution < 1.29 is 18.7 Å². The lowest BCUT2D eigenvalue weighted by atomic mass is 10.2. The van der Waals surface area contributed by atoms with Gasteiger partial charge in [-0.05, 0) is 42.5 Å². The molecule has 2 aromatic heterocycles. The Labute approximate surface area is 195 Å². The summed E-state index contributed by atoms with van der Waals surface area (Å²) in [4.78, 5) is 29.4. The van der Waals surface area contributed by atoms with Gasteiger partial charge in [0.25, 0.3) is 5.91 Å². The van der Waals surface area contributed by atoms with Crippen molar-refractivity contribution in [1.82, 2.24) is 14.9 Å². The number of anilines is 1. The summed E-state index contributed by atoms with van der Waals surface area (Å²) in [7, 11) is 1.56. The molecule has 0 radical (unpaired) electrons. The zero-order valence-electron chi connectivity index (χ0n) is 17.9. The number of methoxy groups -OCH3 is 1. The van der Waals surface area contributed by atoms with Gasteiger partial charge in [0.1, 0.15) is 11.5 Å². The van der Waals surface area contributed by atoms with Crippen LogP contribution < -0.4 is 15.4 Å². The maximum Gasteiger partial charge on any atom is 0.251 e. The first-order valence-electron chi connectivity index (χ1n) is 10.1. The van der Waals surface area contributed by atoms with Gasteiger partial charge in [-0.3, -0.25) is 14.2 Å². The van der Waals surface area contributed by atoms with E-state index in [4.69, 9.17) is 9.15 Å². The molecule has 4 rings (SSSR count). The highest BCUT2D eigenvalue weighted by molar-refractivity contribution is 7.99. The molecule has 8 nitrogen and oxygen atoms in total. The van der Waals surface area contributed by atoms with E-state index in [0.717, 1.165) is 5.69 Å². The number of ether oxygens (including phenoxy) is 1. The average Bonchev–Trinajstić information content (AvgIpc) is 3.54.